The molecule has 19 heavy (non-hydrogen) atoms. The Morgan fingerprint density at radius 1 is 1.16 bits per heavy atom. The molecule has 0 aromatic carbocycles. The van der Waals surface area contributed by atoms with Crippen molar-refractivity contribution in [3.8, 4) is 0 Å². The van der Waals surface area contributed by atoms with E-state index in [9.17, 15) is 0 Å². The molecule has 104 valence electrons. The van der Waals surface area contributed by atoms with Gasteiger partial charge in [-0.05, 0) is 67.2 Å². The molecule has 4 aliphatic rings. The van der Waals surface area contributed by atoms with Gasteiger partial charge in [0.25, 0.3) is 0 Å². The van der Waals surface area contributed by atoms with Crippen LogP contribution in [0.25, 0.3) is 0 Å². The van der Waals surface area contributed by atoms with Crippen LogP contribution >= 0.6 is 11.3 Å². The summed E-state index contributed by atoms with van der Waals surface area (Å²) >= 11 is 1.85. The van der Waals surface area contributed by atoms with Gasteiger partial charge in [0.15, 0.2) is 0 Å². The van der Waals surface area contributed by atoms with E-state index in [1.54, 1.807) is 0 Å². The summed E-state index contributed by atoms with van der Waals surface area (Å²) in [6, 6.07) is 4.38. The molecule has 2 nitrogen and oxygen atoms in total. The molecule has 4 saturated carbocycles. The van der Waals surface area contributed by atoms with Crippen LogP contribution in [0.1, 0.15) is 37.0 Å². The van der Waals surface area contributed by atoms with Gasteiger partial charge in [0, 0.05) is 23.5 Å². The van der Waals surface area contributed by atoms with Crippen molar-refractivity contribution in [2.24, 2.45) is 29.4 Å². The molecule has 5 rings (SSSR count). The molecule has 1 aromatic heterocycles. The molecule has 0 unspecified atom stereocenters. The molecule has 3 N–H and O–H groups in total. The standard InChI is InChI=1S/C16H24N2S/c17-10-16(18-9-15-2-1-3-19-15)13-5-11-4-12(7-13)8-14(16)6-11/h1-3,11-14,18H,4-10,17H2. The molecule has 0 atom stereocenters. The molecular weight excluding hydrogens is 252 g/mol. The Morgan fingerprint density at radius 2 is 1.84 bits per heavy atom. The predicted octanol–water partition coefficient (Wildman–Crippen LogP) is 2.99. The molecule has 0 saturated heterocycles. The van der Waals surface area contributed by atoms with E-state index >= 15 is 0 Å². The zero-order valence-corrected chi connectivity index (χ0v) is 12.3. The van der Waals surface area contributed by atoms with Crippen molar-refractivity contribution in [2.45, 2.75) is 44.2 Å². The zero-order chi connectivity index (χ0) is 12.9. The van der Waals surface area contributed by atoms with E-state index in [0.29, 0.717) is 0 Å². The van der Waals surface area contributed by atoms with E-state index < -0.39 is 0 Å². The van der Waals surface area contributed by atoms with Crippen LogP contribution in [0.3, 0.4) is 0 Å². The molecule has 4 aliphatic carbocycles. The zero-order valence-electron chi connectivity index (χ0n) is 11.5. The topological polar surface area (TPSA) is 38.0 Å². The lowest BCUT2D eigenvalue weighted by Crippen LogP contribution is -2.68. The lowest BCUT2D eigenvalue weighted by Gasteiger charge is -2.61. The highest BCUT2D eigenvalue weighted by atomic mass is 32.1. The number of rotatable bonds is 4. The van der Waals surface area contributed by atoms with E-state index in [4.69, 9.17) is 5.73 Å². The third kappa shape index (κ3) is 1.90. The van der Waals surface area contributed by atoms with Crippen LogP contribution in [0.4, 0.5) is 0 Å². The summed E-state index contributed by atoms with van der Waals surface area (Å²) in [5, 5.41) is 6.09. The third-order valence-electron chi connectivity index (χ3n) is 6.10. The maximum Gasteiger partial charge on any atom is 0.0364 e. The summed E-state index contributed by atoms with van der Waals surface area (Å²) in [4.78, 5) is 1.45. The first kappa shape index (κ1) is 12.4. The van der Waals surface area contributed by atoms with Gasteiger partial charge in [-0.25, -0.2) is 0 Å². The highest BCUT2D eigenvalue weighted by Gasteiger charge is 2.56. The summed E-state index contributed by atoms with van der Waals surface area (Å²) in [6.07, 6.45) is 7.24. The Balaban J connectivity index is 1.55. The monoisotopic (exact) mass is 276 g/mol. The van der Waals surface area contributed by atoms with Crippen LogP contribution in [0, 0.1) is 23.7 Å². The Bertz CT molecular complexity index is 412. The maximum absolute atomic E-state index is 6.27. The fourth-order valence-electron chi connectivity index (χ4n) is 5.38. The van der Waals surface area contributed by atoms with Crippen LogP contribution in [0.5, 0.6) is 0 Å². The van der Waals surface area contributed by atoms with Gasteiger partial charge < -0.3 is 11.1 Å². The fourth-order valence-corrected chi connectivity index (χ4v) is 6.03. The van der Waals surface area contributed by atoms with Crippen LogP contribution in [-0.2, 0) is 6.54 Å². The normalized spacial score (nSPS) is 43.8. The average Bonchev–Trinajstić information content (AvgIpc) is 2.91. The minimum absolute atomic E-state index is 0.247. The highest BCUT2D eigenvalue weighted by Crippen LogP contribution is 2.58. The average molecular weight is 276 g/mol. The molecule has 0 amide bonds. The lowest BCUT2D eigenvalue weighted by atomic mass is 9.48. The molecule has 0 spiro atoms. The van der Waals surface area contributed by atoms with Crippen molar-refractivity contribution < 1.29 is 0 Å². The number of hydrogen-bond donors (Lipinski definition) is 2. The molecule has 3 heteroatoms. The van der Waals surface area contributed by atoms with Crippen LogP contribution in [-0.4, -0.2) is 12.1 Å². The van der Waals surface area contributed by atoms with E-state index in [0.717, 1.165) is 36.8 Å². The number of nitrogens with one attached hydrogen (secondary N) is 1. The maximum atomic E-state index is 6.27. The SMILES string of the molecule is NCC1(NCc2cccs2)C2CC3CC(C2)CC1C3. The van der Waals surface area contributed by atoms with Crippen LogP contribution < -0.4 is 11.1 Å². The lowest BCUT2D eigenvalue weighted by molar-refractivity contribution is -0.0699. The predicted molar refractivity (Wildman–Crippen MR) is 80.0 cm³/mol. The minimum atomic E-state index is 0.247. The van der Waals surface area contributed by atoms with Gasteiger partial charge >= 0.3 is 0 Å². The smallest absolute Gasteiger partial charge is 0.0364 e. The Morgan fingerprint density at radius 3 is 2.37 bits per heavy atom. The van der Waals surface area contributed by atoms with Crippen molar-refractivity contribution in [1.82, 2.24) is 5.32 Å². The summed E-state index contributed by atoms with van der Waals surface area (Å²) in [5.74, 6) is 3.72. The van der Waals surface area contributed by atoms with Gasteiger partial charge in [0.05, 0.1) is 0 Å². The number of nitrogens with two attached hydrogens (primary N) is 1. The minimum Gasteiger partial charge on any atom is -0.329 e. The van der Waals surface area contributed by atoms with E-state index in [-0.39, 0.29) is 5.54 Å². The largest absolute Gasteiger partial charge is 0.329 e. The summed E-state index contributed by atoms with van der Waals surface area (Å²) in [6.45, 7) is 1.84. The first-order valence-corrected chi connectivity index (χ1v) is 8.65. The molecule has 1 heterocycles. The van der Waals surface area contributed by atoms with Crippen molar-refractivity contribution in [3.63, 3.8) is 0 Å². The van der Waals surface area contributed by atoms with E-state index in [1.165, 1.54) is 37.0 Å². The van der Waals surface area contributed by atoms with Gasteiger partial charge in [-0.1, -0.05) is 6.07 Å². The summed E-state index contributed by atoms with van der Waals surface area (Å²) in [7, 11) is 0. The Hall–Kier alpha value is -0.380. The molecular formula is C16H24N2S. The van der Waals surface area contributed by atoms with Crippen LogP contribution in [0.2, 0.25) is 0 Å². The molecule has 0 aliphatic heterocycles. The van der Waals surface area contributed by atoms with Crippen LogP contribution in [0.15, 0.2) is 17.5 Å². The van der Waals surface area contributed by atoms with Crippen molar-refractivity contribution in [3.05, 3.63) is 22.4 Å². The van der Waals surface area contributed by atoms with Gasteiger partial charge in [0.1, 0.15) is 0 Å². The van der Waals surface area contributed by atoms with Gasteiger partial charge in [-0.15, -0.1) is 11.3 Å². The number of thiophene rings is 1. The molecule has 1 aromatic rings. The van der Waals surface area contributed by atoms with Crippen molar-refractivity contribution >= 4 is 11.3 Å². The first-order valence-electron chi connectivity index (χ1n) is 7.77. The van der Waals surface area contributed by atoms with E-state index in [2.05, 4.69) is 22.8 Å². The summed E-state index contributed by atoms with van der Waals surface area (Å²) in [5.41, 5.74) is 6.52. The summed E-state index contributed by atoms with van der Waals surface area (Å²) < 4.78 is 0. The van der Waals surface area contributed by atoms with Crippen molar-refractivity contribution in [2.75, 3.05) is 6.54 Å². The Labute approximate surface area is 119 Å². The second kappa shape index (κ2) is 4.57. The van der Waals surface area contributed by atoms with Gasteiger partial charge in [-0.3, -0.25) is 0 Å². The van der Waals surface area contributed by atoms with Gasteiger partial charge in [0.2, 0.25) is 0 Å². The van der Waals surface area contributed by atoms with Crippen molar-refractivity contribution in [1.29, 1.82) is 0 Å². The quantitative estimate of drug-likeness (QED) is 0.887. The van der Waals surface area contributed by atoms with Gasteiger partial charge in [-0.2, -0.15) is 0 Å². The first-order chi connectivity index (χ1) is 9.30. The fraction of sp³-hybridized carbons (Fsp3) is 0.750. The third-order valence-corrected chi connectivity index (χ3v) is 6.98. The molecule has 0 radical (unpaired) electrons. The second-order valence-electron chi connectivity index (χ2n) is 6.98. The number of hydrogen-bond acceptors (Lipinski definition) is 3. The highest BCUT2D eigenvalue weighted by molar-refractivity contribution is 7.09. The molecule has 4 fully saturated rings. The van der Waals surface area contributed by atoms with E-state index in [1.807, 2.05) is 11.3 Å². The second-order valence-corrected chi connectivity index (χ2v) is 8.01. The Kier molecular flexibility index (Phi) is 2.98. The molecule has 4 bridgehead atoms.